The summed E-state index contributed by atoms with van der Waals surface area (Å²) >= 11 is 1.38. The smallest absolute Gasteiger partial charge is 0.268 e. The molecule has 0 bridgehead atoms. The van der Waals surface area contributed by atoms with Gasteiger partial charge in [-0.3, -0.25) is 14.5 Å². The molecule has 2 aromatic rings. The summed E-state index contributed by atoms with van der Waals surface area (Å²) in [6.45, 7) is 3.95. The maximum atomic E-state index is 13.4. The molecule has 0 atom stereocenters. The molecule has 1 fully saturated rings. The van der Waals surface area contributed by atoms with E-state index in [0.717, 1.165) is 42.8 Å². The second-order valence-corrected chi connectivity index (χ2v) is 9.02. The van der Waals surface area contributed by atoms with Gasteiger partial charge in [-0.25, -0.2) is 0 Å². The lowest BCUT2D eigenvalue weighted by Gasteiger charge is -2.29. The average Bonchev–Trinajstić information content (AvgIpc) is 3.33. The zero-order valence-electron chi connectivity index (χ0n) is 17.4. The summed E-state index contributed by atoms with van der Waals surface area (Å²) in [5, 5.41) is 0. The fourth-order valence-corrected chi connectivity index (χ4v) is 5.12. The number of hydrogen-bond donors (Lipinski definition) is 0. The molecular formula is C24H27NO4S. The van der Waals surface area contributed by atoms with E-state index in [2.05, 4.69) is 0 Å². The van der Waals surface area contributed by atoms with Crippen molar-refractivity contribution >= 4 is 29.1 Å². The second kappa shape index (κ2) is 9.13. The van der Waals surface area contributed by atoms with Crippen LogP contribution in [0.3, 0.4) is 0 Å². The zero-order valence-corrected chi connectivity index (χ0v) is 18.2. The molecule has 5 nitrogen and oxygen atoms in total. The lowest BCUT2D eigenvalue weighted by Crippen LogP contribution is -2.42. The highest BCUT2D eigenvalue weighted by atomic mass is 32.2. The van der Waals surface area contributed by atoms with Gasteiger partial charge in [-0.1, -0.05) is 31.4 Å². The quantitative estimate of drug-likeness (QED) is 0.555. The lowest BCUT2D eigenvalue weighted by atomic mass is 9.94. The van der Waals surface area contributed by atoms with Crippen molar-refractivity contribution in [3.05, 3.63) is 58.9 Å². The van der Waals surface area contributed by atoms with Crippen LogP contribution < -0.4 is 4.74 Å². The normalized spacial score (nSPS) is 18.0. The van der Waals surface area contributed by atoms with Crippen molar-refractivity contribution in [2.24, 2.45) is 0 Å². The third-order valence-electron chi connectivity index (χ3n) is 5.47. The Bertz CT molecular complexity index is 925. The molecule has 0 spiro atoms. The first-order chi connectivity index (χ1) is 14.5. The summed E-state index contributed by atoms with van der Waals surface area (Å²) in [6.07, 6.45) is 6.77. The monoisotopic (exact) mass is 425 g/mol. The van der Waals surface area contributed by atoms with E-state index in [0.29, 0.717) is 16.2 Å². The van der Waals surface area contributed by atoms with Crippen LogP contribution in [0.15, 0.2) is 52.0 Å². The number of carbonyl (C=O) groups excluding carboxylic acids is 2. The Morgan fingerprint density at radius 2 is 1.80 bits per heavy atom. The maximum Gasteiger partial charge on any atom is 0.268 e. The standard InChI is InChI=1S/C24H27NO4S/c1-16(2)29-19-12-10-17(11-13-19)21-22(30-15-20-9-6-14-28-20)24(27)25(23(21)26)18-7-4-3-5-8-18/h6,9-14,16,18H,3-5,7-8,15H2,1-2H3. The zero-order chi connectivity index (χ0) is 21.1. The van der Waals surface area contributed by atoms with Crippen molar-refractivity contribution in [2.45, 2.75) is 63.9 Å². The first-order valence-electron chi connectivity index (χ1n) is 10.6. The molecular weight excluding hydrogens is 398 g/mol. The minimum Gasteiger partial charge on any atom is -0.491 e. The van der Waals surface area contributed by atoms with Crippen molar-refractivity contribution in [3.63, 3.8) is 0 Å². The van der Waals surface area contributed by atoms with Crippen LogP contribution >= 0.6 is 11.8 Å². The number of furan rings is 1. The summed E-state index contributed by atoms with van der Waals surface area (Å²) in [7, 11) is 0. The predicted molar refractivity (Wildman–Crippen MR) is 118 cm³/mol. The van der Waals surface area contributed by atoms with Crippen LogP contribution in [0.4, 0.5) is 0 Å². The fourth-order valence-electron chi connectivity index (χ4n) is 4.10. The Balaban J connectivity index is 1.65. The van der Waals surface area contributed by atoms with Gasteiger partial charge in [-0.2, -0.15) is 0 Å². The Morgan fingerprint density at radius 3 is 2.43 bits per heavy atom. The molecule has 1 saturated carbocycles. The third kappa shape index (κ3) is 4.33. The van der Waals surface area contributed by atoms with Gasteiger partial charge in [0.15, 0.2) is 0 Å². The molecule has 0 saturated heterocycles. The molecule has 2 amide bonds. The fraction of sp³-hybridized carbons (Fsp3) is 0.417. The summed E-state index contributed by atoms with van der Waals surface area (Å²) in [6, 6.07) is 11.2. The van der Waals surface area contributed by atoms with E-state index in [4.69, 9.17) is 9.15 Å². The summed E-state index contributed by atoms with van der Waals surface area (Å²) in [5.41, 5.74) is 1.25. The Morgan fingerprint density at radius 1 is 1.07 bits per heavy atom. The molecule has 1 aliphatic heterocycles. The Hall–Kier alpha value is -2.47. The van der Waals surface area contributed by atoms with Crippen LogP contribution in [0, 0.1) is 0 Å². The number of benzene rings is 1. The minimum atomic E-state index is -0.175. The van der Waals surface area contributed by atoms with Gasteiger partial charge in [-0.05, 0) is 56.5 Å². The van der Waals surface area contributed by atoms with Crippen molar-refractivity contribution in [1.82, 2.24) is 4.90 Å². The molecule has 6 heteroatoms. The number of amides is 2. The van der Waals surface area contributed by atoms with E-state index in [1.807, 2.05) is 50.2 Å². The highest BCUT2D eigenvalue weighted by Gasteiger charge is 2.43. The summed E-state index contributed by atoms with van der Waals surface area (Å²) in [5.74, 6) is 1.70. The summed E-state index contributed by atoms with van der Waals surface area (Å²) in [4.78, 5) is 28.8. The van der Waals surface area contributed by atoms with Crippen LogP contribution in [-0.2, 0) is 15.3 Å². The topological polar surface area (TPSA) is 59.8 Å². The van der Waals surface area contributed by atoms with E-state index in [9.17, 15) is 9.59 Å². The highest BCUT2D eigenvalue weighted by molar-refractivity contribution is 8.03. The molecule has 158 valence electrons. The molecule has 1 aromatic heterocycles. The number of hydrogen-bond acceptors (Lipinski definition) is 5. The Labute approximate surface area is 181 Å². The molecule has 0 radical (unpaired) electrons. The molecule has 1 aliphatic carbocycles. The van der Waals surface area contributed by atoms with Gasteiger partial charge in [0, 0.05) is 6.04 Å². The van der Waals surface area contributed by atoms with E-state index in [1.54, 1.807) is 6.26 Å². The SMILES string of the molecule is CC(C)Oc1ccc(C2=C(SCc3ccco3)C(=O)N(C3CCCCC3)C2=O)cc1. The van der Waals surface area contributed by atoms with Crippen molar-refractivity contribution < 1.29 is 18.7 Å². The highest BCUT2D eigenvalue weighted by Crippen LogP contribution is 2.40. The van der Waals surface area contributed by atoms with Crippen molar-refractivity contribution in [2.75, 3.05) is 0 Å². The lowest BCUT2D eigenvalue weighted by molar-refractivity contribution is -0.139. The van der Waals surface area contributed by atoms with Gasteiger partial charge in [0.2, 0.25) is 0 Å². The molecule has 4 rings (SSSR count). The van der Waals surface area contributed by atoms with Gasteiger partial charge in [0.1, 0.15) is 11.5 Å². The first-order valence-corrected chi connectivity index (χ1v) is 11.6. The number of ether oxygens (including phenoxy) is 1. The van der Waals surface area contributed by atoms with Crippen LogP contribution in [-0.4, -0.2) is 28.9 Å². The molecule has 0 N–H and O–H groups in total. The number of carbonyl (C=O) groups is 2. The molecule has 1 aromatic carbocycles. The summed E-state index contributed by atoms with van der Waals surface area (Å²) < 4.78 is 11.1. The first kappa shape index (κ1) is 20.8. The van der Waals surface area contributed by atoms with Gasteiger partial charge >= 0.3 is 0 Å². The minimum absolute atomic E-state index is 0.000916. The molecule has 30 heavy (non-hydrogen) atoms. The van der Waals surface area contributed by atoms with Crippen LogP contribution in [0.25, 0.3) is 5.57 Å². The van der Waals surface area contributed by atoms with Gasteiger partial charge in [-0.15, -0.1) is 11.8 Å². The number of rotatable bonds is 7. The molecule has 0 unspecified atom stereocenters. The van der Waals surface area contributed by atoms with Crippen molar-refractivity contribution in [1.29, 1.82) is 0 Å². The predicted octanol–water partition coefficient (Wildman–Crippen LogP) is 5.41. The van der Waals surface area contributed by atoms with Crippen LogP contribution in [0.5, 0.6) is 5.75 Å². The van der Waals surface area contributed by atoms with Crippen LogP contribution in [0.2, 0.25) is 0 Å². The maximum absolute atomic E-state index is 13.4. The van der Waals surface area contributed by atoms with E-state index in [1.165, 1.54) is 23.1 Å². The Kier molecular flexibility index (Phi) is 6.32. The van der Waals surface area contributed by atoms with Gasteiger partial charge in [0.05, 0.1) is 28.6 Å². The number of imide groups is 1. The number of nitrogens with zero attached hydrogens (tertiary/aromatic N) is 1. The molecule has 2 heterocycles. The second-order valence-electron chi connectivity index (χ2n) is 8.04. The third-order valence-corrected chi connectivity index (χ3v) is 6.56. The van der Waals surface area contributed by atoms with E-state index >= 15 is 0 Å². The van der Waals surface area contributed by atoms with E-state index < -0.39 is 0 Å². The van der Waals surface area contributed by atoms with E-state index in [-0.39, 0.29) is 24.0 Å². The van der Waals surface area contributed by atoms with Gasteiger partial charge in [0.25, 0.3) is 11.8 Å². The van der Waals surface area contributed by atoms with Gasteiger partial charge < -0.3 is 9.15 Å². The van der Waals surface area contributed by atoms with Crippen molar-refractivity contribution in [3.8, 4) is 5.75 Å². The average molecular weight is 426 g/mol. The largest absolute Gasteiger partial charge is 0.491 e. The number of thioether (sulfide) groups is 1. The molecule has 2 aliphatic rings. The van der Waals surface area contributed by atoms with Crippen LogP contribution in [0.1, 0.15) is 57.3 Å².